The lowest BCUT2D eigenvalue weighted by molar-refractivity contribution is -0.119. The second-order valence-electron chi connectivity index (χ2n) is 5.08. The molecule has 0 unspecified atom stereocenters. The van der Waals surface area contributed by atoms with Crippen molar-refractivity contribution in [2.24, 2.45) is 5.73 Å². The Morgan fingerprint density at radius 1 is 1.10 bits per heavy atom. The van der Waals surface area contributed by atoms with Crippen LogP contribution < -0.4 is 10.6 Å². The summed E-state index contributed by atoms with van der Waals surface area (Å²) in [6.45, 7) is 4.04. The van der Waals surface area contributed by atoms with Crippen molar-refractivity contribution >= 4 is 11.6 Å². The van der Waals surface area contributed by atoms with Gasteiger partial charge in [-0.15, -0.1) is 0 Å². The molecule has 3 heteroatoms. The second-order valence-corrected chi connectivity index (χ2v) is 5.08. The first-order valence-electron chi connectivity index (χ1n) is 6.66. The van der Waals surface area contributed by atoms with Gasteiger partial charge < -0.3 is 10.6 Å². The predicted octanol–water partition coefficient (Wildman–Crippen LogP) is 2.97. The molecule has 2 N–H and O–H groups in total. The summed E-state index contributed by atoms with van der Waals surface area (Å²) < 4.78 is 0. The topological polar surface area (TPSA) is 46.3 Å². The Morgan fingerprint density at radius 2 is 1.75 bits per heavy atom. The molecule has 0 aromatic heterocycles. The molecular weight excluding hydrogens is 248 g/mol. The molecule has 0 heterocycles. The van der Waals surface area contributed by atoms with Crippen molar-refractivity contribution in [2.45, 2.75) is 19.9 Å². The fraction of sp³-hybridized carbons (Fsp3) is 0.235. The smallest absolute Gasteiger partial charge is 0.248 e. The van der Waals surface area contributed by atoms with Gasteiger partial charge in [0.1, 0.15) is 6.04 Å². The molecule has 1 atom stereocenters. The lowest BCUT2D eigenvalue weighted by Gasteiger charge is -2.23. The summed E-state index contributed by atoms with van der Waals surface area (Å²) in [6, 6.07) is 14.8. The summed E-state index contributed by atoms with van der Waals surface area (Å²) in [5.41, 5.74) is 10.0. The highest BCUT2D eigenvalue weighted by atomic mass is 16.2. The number of rotatable bonds is 3. The Kier molecular flexibility index (Phi) is 4.20. The van der Waals surface area contributed by atoms with Crippen molar-refractivity contribution < 1.29 is 4.79 Å². The third-order valence-corrected chi connectivity index (χ3v) is 3.47. The molecule has 0 saturated carbocycles. The van der Waals surface area contributed by atoms with Gasteiger partial charge in [-0.25, -0.2) is 0 Å². The van der Waals surface area contributed by atoms with Crippen LogP contribution in [0.15, 0.2) is 48.5 Å². The fourth-order valence-corrected chi connectivity index (χ4v) is 2.31. The molecule has 0 aliphatic carbocycles. The van der Waals surface area contributed by atoms with Gasteiger partial charge in [0.25, 0.3) is 0 Å². The van der Waals surface area contributed by atoms with E-state index in [1.165, 1.54) is 5.56 Å². The van der Waals surface area contributed by atoms with Gasteiger partial charge in [0, 0.05) is 12.7 Å². The van der Waals surface area contributed by atoms with Crippen molar-refractivity contribution in [1.82, 2.24) is 0 Å². The van der Waals surface area contributed by atoms with E-state index in [1.807, 2.05) is 56.3 Å². The maximum absolute atomic E-state index is 12.5. The minimum absolute atomic E-state index is 0.108. The molecule has 0 aliphatic heterocycles. The summed E-state index contributed by atoms with van der Waals surface area (Å²) in [7, 11) is 1.77. The number of hydrogen-bond donors (Lipinski definition) is 1. The SMILES string of the molecule is Cc1ccc(N(C)C(=O)[C@@H](N)c2ccccc2)c(C)c1. The van der Waals surface area contributed by atoms with Crippen LogP contribution >= 0.6 is 0 Å². The number of likely N-dealkylation sites (N-methyl/N-ethyl adjacent to an activating group) is 1. The van der Waals surface area contributed by atoms with Crippen molar-refractivity contribution in [2.75, 3.05) is 11.9 Å². The van der Waals surface area contributed by atoms with Gasteiger partial charge in [0.15, 0.2) is 0 Å². The van der Waals surface area contributed by atoms with Crippen LogP contribution in [0.3, 0.4) is 0 Å². The van der Waals surface area contributed by atoms with E-state index in [2.05, 4.69) is 6.07 Å². The lowest BCUT2D eigenvalue weighted by atomic mass is 10.1. The van der Waals surface area contributed by atoms with Gasteiger partial charge in [-0.1, -0.05) is 48.0 Å². The minimum Gasteiger partial charge on any atom is -0.316 e. The van der Waals surface area contributed by atoms with E-state index in [0.717, 1.165) is 16.8 Å². The number of benzene rings is 2. The van der Waals surface area contributed by atoms with Crippen LogP contribution in [0.4, 0.5) is 5.69 Å². The minimum atomic E-state index is -0.637. The number of anilines is 1. The van der Waals surface area contributed by atoms with E-state index in [1.54, 1.807) is 11.9 Å². The van der Waals surface area contributed by atoms with Crippen molar-refractivity contribution in [3.05, 3.63) is 65.2 Å². The molecule has 0 bridgehead atoms. The van der Waals surface area contributed by atoms with Crippen LogP contribution in [0.2, 0.25) is 0 Å². The maximum Gasteiger partial charge on any atom is 0.248 e. The van der Waals surface area contributed by atoms with Crippen LogP contribution in [0.5, 0.6) is 0 Å². The molecule has 0 fully saturated rings. The number of carbonyl (C=O) groups is 1. The Morgan fingerprint density at radius 3 is 2.35 bits per heavy atom. The van der Waals surface area contributed by atoms with Gasteiger partial charge in [-0.3, -0.25) is 4.79 Å². The van der Waals surface area contributed by atoms with E-state index in [-0.39, 0.29) is 5.91 Å². The van der Waals surface area contributed by atoms with Crippen LogP contribution in [0.1, 0.15) is 22.7 Å². The normalized spacial score (nSPS) is 12.0. The molecule has 2 aromatic carbocycles. The summed E-state index contributed by atoms with van der Waals surface area (Å²) in [4.78, 5) is 14.1. The van der Waals surface area contributed by atoms with Gasteiger partial charge >= 0.3 is 0 Å². The highest BCUT2D eigenvalue weighted by Gasteiger charge is 2.21. The Labute approximate surface area is 120 Å². The van der Waals surface area contributed by atoms with Gasteiger partial charge in [-0.2, -0.15) is 0 Å². The molecule has 20 heavy (non-hydrogen) atoms. The van der Waals surface area contributed by atoms with E-state index in [4.69, 9.17) is 5.73 Å². The average Bonchev–Trinajstić information content (AvgIpc) is 2.46. The Bertz CT molecular complexity index is 608. The third-order valence-electron chi connectivity index (χ3n) is 3.47. The van der Waals surface area contributed by atoms with E-state index in [9.17, 15) is 4.79 Å². The summed E-state index contributed by atoms with van der Waals surface area (Å²) in [5.74, 6) is -0.108. The number of nitrogens with two attached hydrogens (primary N) is 1. The number of amides is 1. The highest BCUT2D eigenvalue weighted by Crippen LogP contribution is 2.23. The monoisotopic (exact) mass is 268 g/mol. The number of nitrogens with zero attached hydrogens (tertiary/aromatic N) is 1. The summed E-state index contributed by atoms with van der Waals surface area (Å²) >= 11 is 0. The molecule has 2 rings (SSSR count). The fourth-order valence-electron chi connectivity index (χ4n) is 2.31. The van der Waals surface area contributed by atoms with Crippen LogP contribution in [0.25, 0.3) is 0 Å². The van der Waals surface area contributed by atoms with Gasteiger partial charge in [0.05, 0.1) is 0 Å². The predicted molar refractivity (Wildman–Crippen MR) is 82.7 cm³/mol. The van der Waals surface area contributed by atoms with Gasteiger partial charge in [0.2, 0.25) is 5.91 Å². The molecule has 104 valence electrons. The lowest BCUT2D eigenvalue weighted by Crippen LogP contribution is -2.36. The maximum atomic E-state index is 12.5. The zero-order valence-corrected chi connectivity index (χ0v) is 12.1. The average molecular weight is 268 g/mol. The molecule has 0 spiro atoms. The number of hydrogen-bond acceptors (Lipinski definition) is 2. The zero-order valence-electron chi connectivity index (χ0n) is 12.1. The first-order chi connectivity index (χ1) is 9.50. The summed E-state index contributed by atoms with van der Waals surface area (Å²) in [5, 5.41) is 0. The molecule has 0 radical (unpaired) electrons. The summed E-state index contributed by atoms with van der Waals surface area (Å²) in [6.07, 6.45) is 0. The first kappa shape index (κ1) is 14.3. The van der Waals surface area contributed by atoms with Crippen molar-refractivity contribution in [1.29, 1.82) is 0 Å². The largest absolute Gasteiger partial charge is 0.316 e. The molecular formula is C17H20N2O. The van der Waals surface area contributed by atoms with Crippen molar-refractivity contribution in [3.8, 4) is 0 Å². The quantitative estimate of drug-likeness (QED) is 0.930. The zero-order chi connectivity index (χ0) is 14.7. The van der Waals surface area contributed by atoms with Crippen LogP contribution in [-0.2, 0) is 4.79 Å². The molecule has 0 saturated heterocycles. The molecule has 1 amide bonds. The second kappa shape index (κ2) is 5.88. The standard InChI is InChI=1S/C17H20N2O/c1-12-9-10-15(13(2)11-12)19(3)17(20)16(18)14-7-5-4-6-8-14/h4-11,16H,18H2,1-3H3/t16-/m0/s1. The van der Waals surface area contributed by atoms with Crippen LogP contribution in [-0.4, -0.2) is 13.0 Å². The molecule has 2 aromatic rings. The Hall–Kier alpha value is -2.13. The van der Waals surface area contributed by atoms with E-state index in [0.29, 0.717) is 0 Å². The Balaban J connectivity index is 2.24. The number of aryl methyl sites for hydroxylation is 2. The molecule has 3 nitrogen and oxygen atoms in total. The van der Waals surface area contributed by atoms with E-state index < -0.39 is 6.04 Å². The van der Waals surface area contributed by atoms with Gasteiger partial charge in [-0.05, 0) is 31.0 Å². The third kappa shape index (κ3) is 2.89. The van der Waals surface area contributed by atoms with E-state index >= 15 is 0 Å². The number of carbonyl (C=O) groups excluding carboxylic acids is 1. The van der Waals surface area contributed by atoms with Crippen LogP contribution in [0, 0.1) is 13.8 Å². The highest BCUT2D eigenvalue weighted by molar-refractivity contribution is 5.97. The first-order valence-corrected chi connectivity index (χ1v) is 6.66. The molecule has 0 aliphatic rings. The van der Waals surface area contributed by atoms with Crippen molar-refractivity contribution in [3.63, 3.8) is 0 Å².